The molecule has 26 heavy (non-hydrogen) atoms. The lowest BCUT2D eigenvalue weighted by Gasteiger charge is -2.15. The highest BCUT2D eigenvalue weighted by Crippen LogP contribution is 2.37. The van der Waals surface area contributed by atoms with Crippen molar-refractivity contribution in [1.29, 1.82) is 0 Å². The highest BCUT2D eigenvalue weighted by Gasteiger charge is 2.12. The van der Waals surface area contributed by atoms with Crippen molar-refractivity contribution in [1.82, 2.24) is 5.32 Å². The van der Waals surface area contributed by atoms with E-state index in [1.54, 1.807) is 19.2 Å². The van der Waals surface area contributed by atoms with Gasteiger partial charge in [0, 0.05) is 6.54 Å². The van der Waals surface area contributed by atoms with Crippen molar-refractivity contribution in [3.05, 3.63) is 56.0 Å². The van der Waals surface area contributed by atoms with E-state index in [-0.39, 0.29) is 0 Å². The molecule has 6 heteroatoms. The zero-order valence-electron chi connectivity index (χ0n) is 15.2. The number of hydrogen-bond acceptors (Lipinski definition) is 3. The number of benzene rings is 2. The normalized spacial score (nSPS) is 11.0. The van der Waals surface area contributed by atoms with Gasteiger partial charge in [-0.25, -0.2) is 0 Å². The van der Waals surface area contributed by atoms with E-state index in [1.807, 2.05) is 12.1 Å². The van der Waals surface area contributed by atoms with E-state index in [4.69, 9.17) is 32.7 Å². The number of rotatable bonds is 9. The molecule has 0 spiro atoms. The summed E-state index contributed by atoms with van der Waals surface area (Å²) in [6, 6.07) is 9.51. The molecule has 2 aromatic rings. The lowest BCUT2D eigenvalue weighted by molar-refractivity contribution is 0.282. The Bertz CT molecular complexity index is 738. The van der Waals surface area contributed by atoms with Gasteiger partial charge >= 0.3 is 0 Å². The van der Waals surface area contributed by atoms with Crippen LogP contribution in [-0.4, -0.2) is 13.7 Å². The summed E-state index contributed by atoms with van der Waals surface area (Å²) in [5, 5.41) is 4.50. The molecule has 0 heterocycles. The van der Waals surface area contributed by atoms with Gasteiger partial charge in [0.05, 0.1) is 21.6 Å². The molecule has 2 aromatic carbocycles. The van der Waals surface area contributed by atoms with Crippen LogP contribution in [0.1, 0.15) is 31.4 Å². The van der Waals surface area contributed by atoms with Crippen molar-refractivity contribution in [2.45, 2.75) is 33.4 Å². The Kier molecular flexibility index (Phi) is 8.55. The molecule has 0 saturated carbocycles. The second kappa shape index (κ2) is 10.4. The summed E-state index contributed by atoms with van der Waals surface area (Å²) in [5.74, 6) is 2.06. The van der Waals surface area contributed by atoms with Gasteiger partial charge in [-0.05, 0) is 70.2 Å². The van der Waals surface area contributed by atoms with Crippen LogP contribution in [-0.2, 0) is 13.2 Å². The van der Waals surface area contributed by atoms with Crippen LogP contribution in [0.15, 0.2) is 34.8 Å². The van der Waals surface area contributed by atoms with E-state index in [0.29, 0.717) is 34.1 Å². The Hall–Kier alpha value is -0.940. The molecule has 0 aromatic heterocycles. The molecule has 0 amide bonds. The average molecular weight is 461 g/mol. The zero-order chi connectivity index (χ0) is 19.1. The lowest BCUT2D eigenvalue weighted by atomic mass is 10.1. The molecule has 0 atom stereocenters. The number of hydrogen-bond donors (Lipinski definition) is 1. The Morgan fingerprint density at radius 2 is 1.85 bits per heavy atom. The largest absolute Gasteiger partial charge is 0.493 e. The summed E-state index contributed by atoms with van der Waals surface area (Å²) in [7, 11) is 1.64. The van der Waals surface area contributed by atoms with Crippen LogP contribution in [0.2, 0.25) is 10.0 Å². The minimum Gasteiger partial charge on any atom is -0.493 e. The third-order valence-electron chi connectivity index (χ3n) is 3.88. The Morgan fingerprint density at radius 1 is 1.08 bits per heavy atom. The fraction of sp³-hybridized carbons (Fsp3) is 0.400. The number of ether oxygens (including phenoxy) is 2. The maximum Gasteiger partial charge on any atom is 0.175 e. The summed E-state index contributed by atoms with van der Waals surface area (Å²) in [5.41, 5.74) is 2.08. The van der Waals surface area contributed by atoms with Crippen molar-refractivity contribution >= 4 is 39.1 Å². The second-order valence-corrected chi connectivity index (χ2v) is 8.17. The number of methoxy groups -OCH3 is 1. The SMILES string of the molecule is COc1cc(CNCCC(C)C)cc(Br)c1OCc1ccc(Cl)c(Cl)c1. The molecule has 0 fully saturated rings. The molecule has 0 aliphatic rings. The van der Waals surface area contributed by atoms with Gasteiger partial charge in [-0.1, -0.05) is 43.1 Å². The quantitative estimate of drug-likeness (QED) is 0.434. The van der Waals surface area contributed by atoms with Crippen LogP contribution in [0, 0.1) is 5.92 Å². The standard InChI is InChI=1S/C20H24BrCl2NO2/c1-13(2)6-7-24-11-15-8-16(21)20(19(10-15)25-3)26-12-14-4-5-17(22)18(23)9-14/h4-5,8-10,13,24H,6-7,11-12H2,1-3H3. The molecule has 1 N–H and O–H groups in total. The van der Waals surface area contributed by atoms with Crippen LogP contribution in [0.5, 0.6) is 11.5 Å². The second-order valence-electron chi connectivity index (χ2n) is 6.51. The van der Waals surface area contributed by atoms with Gasteiger partial charge in [-0.15, -0.1) is 0 Å². The smallest absolute Gasteiger partial charge is 0.175 e. The van der Waals surface area contributed by atoms with Crippen LogP contribution in [0.25, 0.3) is 0 Å². The van der Waals surface area contributed by atoms with Gasteiger partial charge in [0.2, 0.25) is 0 Å². The van der Waals surface area contributed by atoms with Crippen molar-refractivity contribution in [3.8, 4) is 11.5 Å². The lowest BCUT2D eigenvalue weighted by Crippen LogP contribution is -2.16. The fourth-order valence-corrected chi connectivity index (χ4v) is 3.35. The highest BCUT2D eigenvalue weighted by atomic mass is 79.9. The Labute approximate surface area is 174 Å². The molecular weight excluding hydrogens is 437 g/mol. The maximum atomic E-state index is 6.06. The summed E-state index contributed by atoms with van der Waals surface area (Å²) in [6.45, 7) is 6.60. The van der Waals surface area contributed by atoms with E-state index in [1.165, 1.54) is 0 Å². The van der Waals surface area contributed by atoms with Crippen LogP contribution in [0.3, 0.4) is 0 Å². The van der Waals surface area contributed by atoms with Gasteiger partial charge in [-0.2, -0.15) is 0 Å². The van der Waals surface area contributed by atoms with E-state index >= 15 is 0 Å². The minimum absolute atomic E-state index is 0.373. The summed E-state index contributed by atoms with van der Waals surface area (Å²) < 4.78 is 12.3. The molecule has 0 aliphatic carbocycles. The molecule has 0 bridgehead atoms. The number of halogens is 3. The van der Waals surface area contributed by atoms with Gasteiger partial charge in [-0.3, -0.25) is 0 Å². The molecular formula is C20H24BrCl2NO2. The van der Waals surface area contributed by atoms with Crippen LogP contribution >= 0.6 is 39.1 Å². The Morgan fingerprint density at radius 3 is 2.50 bits per heavy atom. The van der Waals surface area contributed by atoms with E-state index in [2.05, 4.69) is 41.2 Å². The minimum atomic E-state index is 0.373. The van der Waals surface area contributed by atoms with E-state index < -0.39 is 0 Å². The van der Waals surface area contributed by atoms with Gasteiger partial charge < -0.3 is 14.8 Å². The average Bonchev–Trinajstić information content (AvgIpc) is 2.60. The predicted octanol–water partition coefficient (Wildman–Crippen LogP) is 6.48. The third-order valence-corrected chi connectivity index (χ3v) is 5.21. The summed E-state index contributed by atoms with van der Waals surface area (Å²) in [4.78, 5) is 0. The first-order chi connectivity index (χ1) is 12.4. The van der Waals surface area contributed by atoms with Crippen molar-refractivity contribution in [2.75, 3.05) is 13.7 Å². The van der Waals surface area contributed by atoms with Crippen LogP contribution < -0.4 is 14.8 Å². The highest BCUT2D eigenvalue weighted by molar-refractivity contribution is 9.10. The molecule has 0 saturated heterocycles. The summed E-state index contributed by atoms with van der Waals surface area (Å²) in [6.07, 6.45) is 1.16. The first-order valence-electron chi connectivity index (χ1n) is 8.54. The topological polar surface area (TPSA) is 30.5 Å². The molecule has 3 nitrogen and oxygen atoms in total. The van der Waals surface area contributed by atoms with Crippen LogP contribution in [0.4, 0.5) is 0 Å². The van der Waals surface area contributed by atoms with Gasteiger partial charge in [0.1, 0.15) is 6.61 Å². The Balaban J connectivity index is 2.04. The first kappa shape index (κ1) is 21.4. The fourth-order valence-electron chi connectivity index (χ4n) is 2.42. The van der Waals surface area contributed by atoms with Crippen molar-refractivity contribution < 1.29 is 9.47 Å². The molecule has 2 rings (SSSR count). The monoisotopic (exact) mass is 459 g/mol. The predicted molar refractivity (Wildman–Crippen MR) is 113 cm³/mol. The van der Waals surface area contributed by atoms with Crippen molar-refractivity contribution in [3.63, 3.8) is 0 Å². The van der Waals surface area contributed by atoms with E-state index in [9.17, 15) is 0 Å². The third kappa shape index (κ3) is 6.34. The first-order valence-corrected chi connectivity index (χ1v) is 10.1. The zero-order valence-corrected chi connectivity index (χ0v) is 18.3. The molecule has 0 aliphatic heterocycles. The molecule has 0 radical (unpaired) electrons. The van der Waals surface area contributed by atoms with Crippen molar-refractivity contribution in [2.24, 2.45) is 5.92 Å². The van der Waals surface area contributed by atoms with Gasteiger partial charge in [0.15, 0.2) is 11.5 Å². The maximum absolute atomic E-state index is 6.06. The number of nitrogens with one attached hydrogen (secondary N) is 1. The van der Waals surface area contributed by atoms with Gasteiger partial charge in [0.25, 0.3) is 0 Å². The van der Waals surface area contributed by atoms with E-state index in [0.717, 1.165) is 35.1 Å². The summed E-state index contributed by atoms with van der Waals surface area (Å²) >= 11 is 15.6. The molecule has 142 valence electrons. The molecule has 0 unspecified atom stereocenters.